The molecule has 8 heteroatoms. The van der Waals surface area contributed by atoms with Crippen LogP contribution in [0.4, 0.5) is 0 Å². The first kappa shape index (κ1) is 18.2. The Labute approximate surface area is 142 Å². The van der Waals surface area contributed by atoms with E-state index in [1.807, 2.05) is 13.8 Å². The normalized spacial score (nSPS) is 18.2. The lowest BCUT2D eigenvalue weighted by molar-refractivity contribution is -0.146. The molecule has 0 unspecified atom stereocenters. The fraction of sp³-hybridized carbons (Fsp3) is 0.533. The van der Waals surface area contributed by atoms with Crippen LogP contribution in [0.15, 0.2) is 29.2 Å². The number of rotatable bonds is 4. The molecule has 1 aliphatic rings. The zero-order chi connectivity index (χ0) is 17.3. The van der Waals surface area contributed by atoms with E-state index in [9.17, 15) is 13.2 Å². The summed E-state index contributed by atoms with van der Waals surface area (Å²) in [5.74, 6) is -0.238. The molecule has 6 nitrogen and oxygen atoms in total. The standard InChI is InChI=1S/C15H21ClN2O4S/c1-15(2)11-22-9-8-18(15)14(19)10-17(3)23(20,21)13-6-4-12(16)5-7-13/h4-7H,8-11H2,1-3H3. The molecule has 0 N–H and O–H groups in total. The van der Waals surface area contributed by atoms with E-state index >= 15 is 0 Å². The number of benzene rings is 1. The maximum absolute atomic E-state index is 12.5. The van der Waals surface area contributed by atoms with Gasteiger partial charge >= 0.3 is 0 Å². The van der Waals surface area contributed by atoms with Crippen molar-refractivity contribution in [1.82, 2.24) is 9.21 Å². The second kappa shape index (κ2) is 6.76. The van der Waals surface area contributed by atoms with Crippen LogP contribution in [0.2, 0.25) is 5.02 Å². The molecule has 1 fully saturated rings. The van der Waals surface area contributed by atoms with Crippen molar-refractivity contribution in [2.75, 3.05) is 33.4 Å². The Kier molecular flexibility index (Phi) is 5.35. The highest BCUT2D eigenvalue weighted by atomic mass is 35.5. The van der Waals surface area contributed by atoms with Gasteiger partial charge in [0.15, 0.2) is 0 Å². The Morgan fingerprint density at radius 2 is 1.96 bits per heavy atom. The van der Waals surface area contributed by atoms with Gasteiger partial charge in [-0.2, -0.15) is 4.31 Å². The van der Waals surface area contributed by atoms with E-state index in [0.29, 0.717) is 24.8 Å². The van der Waals surface area contributed by atoms with Crippen molar-refractivity contribution in [3.8, 4) is 0 Å². The highest BCUT2D eigenvalue weighted by Crippen LogP contribution is 2.21. The van der Waals surface area contributed by atoms with Crippen LogP contribution in [-0.2, 0) is 19.6 Å². The number of sulfonamides is 1. The van der Waals surface area contributed by atoms with Crippen LogP contribution < -0.4 is 0 Å². The summed E-state index contributed by atoms with van der Waals surface area (Å²) < 4.78 is 31.5. The Hall–Kier alpha value is -1.15. The van der Waals surface area contributed by atoms with Gasteiger partial charge in [0, 0.05) is 18.6 Å². The summed E-state index contributed by atoms with van der Waals surface area (Å²) in [7, 11) is -2.33. The average Bonchev–Trinajstić information content (AvgIpc) is 2.46. The van der Waals surface area contributed by atoms with Crippen LogP contribution in [-0.4, -0.2) is 62.4 Å². The minimum atomic E-state index is -3.73. The number of carbonyl (C=O) groups excluding carboxylic acids is 1. The summed E-state index contributed by atoms with van der Waals surface area (Å²) in [5, 5.41) is 0.456. The molecule has 1 aromatic carbocycles. The van der Waals surface area contributed by atoms with Crippen molar-refractivity contribution in [3.63, 3.8) is 0 Å². The number of amides is 1. The number of morpholine rings is 1. The molecule has 0 aromatic heterocycles. The minimum Gasteiger partial charge on any atom is -0.377 e. The second-order valence-electron chi connectivity index (χ2n) is 6.13. The van der Waals surface area contributed by atoms with Crippen molar-refractivity contribution in [1.29, 1.82) is 0 Å². The van der Waals surface area contributed by atoms with E-state index in [4.69, 9.17) is 16.3 Å². The van der Waals surface area contributed by atoms with Crippen molar-refractivity contribution in [2.45, 2.75) is 24.3 Å². The van der Waals surface area contributed by atoms with Gasteiger partial charge in [0.1, 0.15) is 0 Å². The molecule has 0 atom stereocenters. The largest absolute Gasteiger partial charge is 0.377 e. The molecule has 1 saturated heterocycles. The van der Waals surface area contributed by atoms with Gasteiger partial charge in [0.2, 0.25) is 15.9 Å². The first-order valence-electron chi connectivity index (χ1n) is 7.25. The van der Waals surface area contributed by atoms with Gasteiger partial charge in [0.25, 0.3) is 0 Å². The van der Waals surface area contributed by atoms with E-state index in [1.165, 1.54) is 31.3 Å². The zero-order valence-electron chi connectivity index (χ0n) is 13.5. The maximum Gasteiger partial charge on any atom is 0.243 e. The molecule has 1 amide bonds. The van der Waals surface area contributed by atoms with Gasteiger partial charge in [-0.25, -0.2) is 8.42 Å². The van der Waals surface area contributed by atoms with Gasteiger partial charge < -0.3 is 9.64 Å². The van der Waals surface area contributed by atoms with Crippen molar-refractivity contribution in [3.05, 3.63) is 29.3 Å². The molecule has 0 saturated carbocycles. The van der Waals surface area contributed by atoms with Crippen molar-refractivity contribution in [2.24, 2.45) is 0 Å². The average molecular weight is 361 g/mol. The summed E-state index contributed by atoms with van der Waals surface area (Å²) in [4.78, 5) is 14.3. The van der Waals surface area contributed by atoms with E-state index < -0.39 is 15.6 Å². The number of halogens is 1. The number of nitrogens with zero attached hydrogens (tertiary/aromatic N) is 2. The molecule has 1 heterocycles. The highest BCUT2D eigenvalue weighted by molar-refractivity contribution is 7.89. The van der Waals surface area contributed by atoms with Gasteiger partial charge in [-0.05, 0) is 38.1 Å². The van der Waals surface area contributed by atoms with Crippen LogP contribution in [0.3, 0.4) is 0 Å². The molecule has 0 spiro atoms. The van der Waals surface area contributed by atoms with E-state index in [1.54, 1.807) is 4.90 Å². The van der Waals surface area contributed by atoms with Crippen LogP contribution >= 0.6 is 11.6 Å². The van der Waals surface area contributed by atoms with E-state index in [2.05, 4.69) is 0 Å². The molecular formula is C15H21ClN2O4S. The van der Waals surface area contributed by atoms with E-state index in [0.717, 1.165) is 4.31 Å². The highest BCUT2D eigenvalue weighted by Gasteiger charge is 2.35. The van der Waals surface area contributed by atoms with Crippen LogP contribution in [0, 0.1) is 0 Å². The van der Waals surface area contributed by atoms with Crippen molar-refractivity contribution >= 4 is 27.5 Å². The van der Waals surface area contributed by atoms with Gasteiger partial charge in [-0.1, -0.05) is 11.6 Å². The van der Waals surface area contributed by atoms with Gasteiger partial charge in [0.05, 0.1) is 30.2 Å². The monoisotopic (exact) mass is 360 g/mol. The van der Waals surface area contributed by atoms with Gasteiger partial charge in [-0.15, -0.1) is 0 Å². The molecule has 23 heavy (non-hydrogen) atoms. The summed E-state index contributed by atoms with van der Waals surface area (Å²) in [6.07, 6.45) is 0. The lowest BCUT2D eigenvalue weighted by Crippen LogP contribution is -2.57. The van der Waals surface area contributed by atoms with E-state index in [-0.39, 0.29) is 17.3 Å². The molecule has 1 aliphatic heterocycles. The number of likely N-dealkylation sites (N-methyl/N-ethyl adjacent to an activating group) is 1. The van der Waals surface area contributed by atoms with Gasteiger partial charge in [-0.3, -0.25) is 4.79 Å². The number of carbonyl (C=O) groups is 1. The number of hydrogen-bond acceptors (Lipinski definition) is 4. The summed E-state index contributed by atoms with van der Waals surface area (Å²) in [6, 6.07) is 5.87. The number of hydrogen-bond donors (Lipinski definition) is 0. The smallest absolute Gasteiger partial charge is 0.243 e. The van der Waals surface area contributed by atoms with Crippen LogP contribution in [0.5, 0.6) is 0 Å². The van der Waals surface area contributed by atoms with Crippen LogP contribution in [0.1, 0.15) is 13.8 Å². The third-order valence-corrected chi connectivity index (χ3v) is 5.90. The third-order valence-electron chi connectivity index (χ3n) is 3.83. The Morgan fingerprint density at radius 3 is 2.52 bits per heavy atom. The number of ether oxygens (including phenoxy) is 1. The second-order valence-corrected chi connectivity index (χ2v) is 8.61. The molecular weight excluding hydrogens is 340 g/mol. The topological polar surface area (TPSA) is 66.9 Å². The summed E-state index contributed by atoms with van der Waals surface area (Å²) in [6.45, 7) is 4.94. The summed E-state index contributed by atoms with van der Waals surface area (Å²) >= 11 is 5.78. The lowest BCUT2D eigenvalue weighted by atomic mass is 10.0. The zero-order valence-corrected chi connectivity index (χ0v) is 15.0. The molecule has 1 aromatic rings. The predicted molar refractivity (Wildman–Crippen MR) is 87.9 cm³/mol. The molecule has 0 bridgehead atoms. The quantitative estimate of drug-likeness (QED) is 0.818. The molecule has 0 radical (unpaired) electrons. The van der Waals surface area contributed by atoms with Crippen LogP contribution in [0.25, 0.3) is 0 Å². The van der Waals surface area contributed by atoms with Crippen molar-refractivity contribution < 1.29 is 17.9 Å². The molecule has 128 valence electrons. The third kappa shape index (κ3) is 4.03. The summed E-state index contributed by atoms with van der Waals surface area (Å²) in [5.41, 5.74) is -0.444. The fourth-order valence-electron chi connectivity index (χ4n) is 2.47. The minimum absolute atomic E-state index is 0.110. The molecule has 2 rings (SSSR count). The maximum atomic E-state index is 12.5. The predicted octanol–water partition coefficient (Wildman–Crippen LogP) is 1.60. The Morgan fingerprint density at radius 1 is 1.35 bits per heavy atom. The first-order chi connectivity index (χ1) is 10.6. The SMILES string of the molecule is CN(CC(=O)N1CCOCC1(C)C)S(=O)(=O)c1ccc(Cl)cc1. The molecule has 0 aliphatic carbocycles. The lowest BCUT2D eigenvalue weighted by Gasteiger charge is -2.42. The fourth-order valence-corrected chi connectivity index (χ4v) is 3.71. The Balaban J connectivity index is 2.12. The first-order valence-corrected chi connectivity index (χ1v) is 9.06. The Bertz CT molecular complexity index is 673.